The maximum Gasteiger partial charge on any atom is 0.207 e. The zero-order chi connectivity index (χ0) is 15.5. The van der Waals surface area contributed by atoms with Crippen LogP contribution in [0.25, 0.3) is 5.52 Å². The Kier molecular flexibility index (Phi) is 5.70. The Labute approximate surface area is 138 Å². The molecule has 0 aliphatic carbocycles. The van der Waals surface area contributed by atoms with Crippen molar-refractivity contribution in [1.29, 1.82) is 0 Å². The van der Waals surface area contributed by atoms with Crippen molar-refractivity contribution in [2.75, 3.05) is 19.7 Å². The first kappa shape index (κ1) is 16.8. The number of hydrogen-bond donors (Lipinski definition) is 0. The molecular weight excluding hydrogens is 370 g/mol. The van der Waals surface area contributed by atoms with Gasteiger partial charge >= 0.3 is 0 Å². The zero-order valence-electron chi connectivity index (χ0n) is 12.7. The fraction of sp³-hybridized carbons (Fsp3) is 0.538. The first-order valence-corrected chi connectivity index (χ1v) is 12.4. The van der Waals surface area contributed by atoms with Crippen molar-refractivity contribution in [1.82, 2.24) is 14.6 Å². The summed E-state index contributed by atoms with van der Waals surface area (Å²) in [7, 11) is -1.05. The molecule has 0 unspecified atom stereocenters. The molecule has 0 aromatic carbocycles. The van der Waals surface area contributed by atoms with Crippen molar-refractivity contribution in [3.05, 3.63) is 16.9 Å². The molecule has 2 heterocycles. The highest BCUT2D eigenvalue weighted by atomic mass is 79.9. The van der Waals surface area contributed by atoms with Gasteiger partial charge in [0.25, 0.3) is 0 Å². The van der Waals surface area contributed by atoms with E-state index in [2.05, 4.69) is 45.7 Å². The van der Waals surface area contributed by atoms with Gasteiger partial charge in [0, 0.05) is 20.7 Å². The second kappa shape index (κ2) is 7.13. The minimum absolute atomic E-state index is 0.251. The summed E-state index contributed by atoms with van der Waals surface area (Å²) in [5, 5.41) is 5.12. The molecule has 0 aliphatic heterocycles. The van der Waals surface area contributed by atoms with Crippen molar-refractivity contribution in [2.45, 2.75) is 30.8 Å². The molecule has 2 aromatic rings. The molecule has 116 valence electrons. The van der Waals surface area contributed by atoms with Crippen LogP contribution in [0.2, 0.25) is 25.7 Å². The van der Waals surface area contributed by atoms with E-state index in [4.69, 9.17) is 9.47 Å². The Bertz CT molecular complexity index is 615. The van der Waals surface area contributed by atoms with Crippen molar-refractivity contribution in [2.24, 2.45) is 0 Å². The third-order valence-corrected chi connectivity index (χ3v) is 5.71. The largest absolute Gasteiger partial charge is 0.465 e. The van der Waals surface area contributed by atoms with Crippen LogP contribution in [0.5, 0.6) is 5.75 Å². The molecule has 0 N–H and O–H groups in total. The molecule has 0 saturated heterocycles. The topological polar surface area (TPSA) is 48.7 Å². The Morgan fingerprint density at radius 2 is 2.14 bits per heavy atom. The number of thioether (sulfide) groups is 1. The van der Waals surface area contributed by atoms with Crippen LogP contribution in [0.4, 0.5) is 0 Å². The van der Waals surface area contributed by atoms with Gasteiger partial charge in [-0.15, -0.1) is 5.10 Å². The van der Waals surface area contributed by atoms with E-state index in [1.165, 1.54) is 11.8 Å². The molecule has 0 bridgehead atoms. The molecule has 8 heteroatoms. The lowest BCUT2D eigenvalue weighted by molar-refractivity contribution is 0.0230. The Balaban J connectivity index is 1.96. The van der Waals surface area contributed by atoms with Crippen molar-refractivity contribution in [3.63, 3.8) is 0 Å². The van der Waals surface area contributed by atoms with E-state index in [9.17, 15) is 0 Å². The lowest BCUT2D eigenvalue weighted by Crippen LogP contribution is -2.22. The van der Waals surface area contributed by atoms with Crippen LogP contribution in [0.1, 0.15) is 0 Å². The third kappa shape index (κ3) is 4.70. The second-order valence-electron chi connectivity index (χ2n) is 5.85. The fourth-order valence-corrected chi connectivity index (χ4v) is 3.22. The normalized spacial score (nSPS) is 12.0. The minimum atomic E-state index is -1.05. The molecule has 0 radical (unpaired) electrons. The predicted molar refractivity (Wildman–Crippen MR) is 92.1 cm³/mol. The van der Waals surface area contributed by atoms with Crippen molar-refractivity contribution < 1.29 is 9.47 Å². The maximum absolute atomic E-state index is 5.68. The number of nitrogens with zero attached hydrogens (tertiary/aromatic N) is 3. The van der Waals surface area contributed by atoms with Crippen LogP contribution in [-0.4, -0.2) is 42.3 Å². The van der Waals surface area contributed by atoms with E-state index in [0.29, 0.717) is 0 Å². The molecule has 0 saturated carbocycles. The Morgan fingerprint density at radius 1 is 1.38 bits per heavy atom. The van der Waals surface area contributed by atoms with Crippen LogP contribution in [0.3, 0.4) is 0 Å². The monoisotopic (exact) mass is 389 g/mol. The zero-order valence-corrected chi connectivity index (χ0v) is 16.1. The summed E-state index contributed by atoms with van der Waals surface area (Å²) in [5.41, 5.74) is 0.827. The van der Waals surface area contributed by atoms with Gasteiger partial charge in [-0.05, 0) is 28.2 Å². The van der Waals surface area contributed by atoms with E-state index >= 15 is 0 Å². The Morgan fingerprint density at radius 3 is 2.81 bits per heavy atom. The summed E-state index contributed by atoms with van der Waals surface area (Å²) in [6.45, 7) is 7.99. The van der Waals surface area contributed by atoms with E-state index < -0.39 is 8.07 Å². The molecule has 0 spiro atoms. The van der Waals surface area contributed by atoms with Gasteiger partial charge in [0.2, 0.25) is 5.16 Å². The third-order valence-electron chi connectivity index (χ3n) is 2.89. The van der Waals surface area contributed by atoms with Gasteiger partial charge < -0.3 is 9.47 Å². The van der Waals surface area contributed by atoms with Crippen molar-refractivity contribution in [3.8, 4) is 5.75 Å². The van der Waals surface area contributed by atoms with E-state index in [1.807, 2.05) is 12.3 Å². The smallest absolute Gasteiger partial charge is 0.207 e. The number of aromatic nitrogens is 3. The van der Waals surface area contributed by atoms with Crippen LogP contribution < -0.4 is 4.74 Å². The standard InChI is InChI=1S/C13H20BrN3O2SSi/c1-20-13-15-8-10-11(7-12(14)17(10)16-13)19-9-18-5-6-21(2,3)4/h7-8H,5-6,9H2,1-4H3. The number of fused-ring (bicyclic) bond motifs is 1. The summed E-state index contributed by atoms with van der Waals surface area (Å²) < 4.78 is 13.9. The number of ether oxygens (including phenoxy) is 2. The second-order valence-corrected chi connectivity index (χ2v) is 13.1. The van der Waals surface area contributed by atoms with Gasteiger partial charge in [0.1, 0.15) is 10.1 Å². The number of rotatable bonds is 7. The molecule has 2 rings (SSSR count). The quantitative estimate of drug-likeness (QED) is 0.311. The first-order chi connectivity index (χ1) is 9.90. The average molecular weight is 390 g/mol. The summed E-state index contributed by atoms with van der Waals surface area (Å²) in [5.74, 6) is 0.725. The highest BCUT2D eigenvalue weighted by molar-refractivity contribution is 9.10. The molecule has 5 nitrogen and oxygen atoms in total. The number of halogens is 1. The highest BCUT2D eigenvalue weighted by Gasteiger charge is 2.13. The van der Waals surface area contributed by atoms with Gasteiger partial charge in [-0.1, -0.05) is 31.4 Å². The molecule has 0 aliphatic rings. The minimum Gasteiger partial charge on any atom is -0.465 e. The summed E-state index contributed by atoms with van der Waals surface area (Å²) in [6.07, 6.45) is 3.71. The van der Waals surface area contributed by atoms with Crippen molar-refractivity contribution >= 4 is 41.3 Å². The van der Waals surface area contributed by atoms with Gasteiger partial charge in [-0.25, -0.2) is 9.50 Å². The Hall–Kier alpha value is -0.573. The van der Waals surface area contributed by atoms with Crippen LogP contribution in [-0.2, 0) is 4.74 Å². The molecule has 2 aromatic heterocycles. The van der Waals surface area contributed by atoms with Gasteiger partial charge in [-0.2, -0.15) is 0 Å². The molecule has 0 fully saturated rings. The van der Waals surface area contributed by atoms with Gasteiger partial charge in [-0.3, -0.25) is 0 Å². The average Bonchev–Trinajstić information content (AvgIpc) is 2.73. The fourth-order valence-electron chi connectivity index (χ4n) is 1.66. The van der Waals surface area contributed by atoms with Crippen LogP contribution in [0, 0.1) is 0 Å². The van der Waals surface area contributed by atoms with E-state index in [0.717, 1.165) is 33.7 Å². The van der Waals surface area contributed by atoms with Crippen LogP contribution >= 0.6 is 27.7 Å². The van der Waals surface area contributed by atoms with E-state index in [1.54, 1.807) is 10.7 Å². The predicted octanol–water partition coefficient (Wildman–Crippen LogP) is 3.90. The molecule has 0 atom stereocenters. The summed E-state index contributed by atoms with van der Waals surface area (Å²) in [6, 6.07) is 3.02. The van der Waals surface area contributed by atoms with Gasteiger partial charge in [0.15, 0.2) is 12.5 Å². The summed E-state index contributed by atoms with van der Waals surface area (Å²) in [4.78, 5) is 4.27. The molecular formula is C13H20BrN3O2SSi. The SMILES string of the molecule is CSc1ncc2c(OCOCC[Si](C)(C)C)cc(Br)n2n1. The van der Waals surface area contributed by atoms with E-state index in [-0.39, 0.29) is 6.79 Å². The molecule has 21 heavy (non-hydrogen) atoms. The first-order valence-electron chi connectivity index (χ1n) is 6.69. The summed E-state index contributed by atoms with van der Waals surface area (Å²) >= 11 is 4.98. The van der Waals surface area contributed by atoms with Crippen LogP contribution in [0.15, 0.2) is 22.0 Å². The van der Waals surface area contributed by atoms with Gasteiger partial charge in [0.05, 0.1) is 6.20 Å². The molecule has 0 amide bonds. The highest BCUT2D eigenvalue weighted by Crippen LogP contribution is 2.27. The lowest BCUT2D eigenvalue weighted by Gasteiger charge is -2.15. The maximum atomic E-state index is 5.68. The number of hydrogen-bond acceptors (Lipinski definition) is 5. The lowest BCUT2D eigenvalue weighted by atomic mass is 10.5.